The summed E-state index contributed by atoms with van der Waals surface area (Å²) in [6, 6.07) is 13.0. The van der Waals surface area contributed by atoms with Crippen molar-refractivity contribution >= 4 is 29.2 Å². The molecule has 3 aromatic rings. The van der Waals surface area contributed by atoms with Gasteiger partial charge in [-0.15, -0.1) is 0 Å². The molecule has 3 N–H and O–H groups in total. The molecule has 2 aliphatic rings. The maximum atomic E-state index is 12.9. The Morgan fingerprint density at radius 1 is 1.00 bits per heavy atom. The van der Waals surface area contributed by atoms with Gasteiger partial charge in [0.2, 0.25) is 5.95 Å². The number of benzene rings is 1. The molecule has 0 aliphatic heterocycles. The van der Waals surface area contributed by atoms with Crippen LogP contribution in [0.15, 0.2) is 42.6 Å². The van der Waals surface area contributed by atoms with Gasteiger partial charge in [-0.25, -0.2) is 9.97 Å². The molecule has 0 radical (unpaired) electrons. The number of fused-ring (bicyclic) bond motifs is 1. The first-order chi connectivity index (χ1) is 17.2. The highest BCUT2D eigenvalue weighted by Gasteiger charge is 2.26. The van der Waals surface area contributed by atoms with Crippen LogP contribution in [-0.2, 0) is 18.3 Å². The van der Waals surface area contributed by atoms with Crippen molar-refractivity contribution in [2.45, 2.75) is 64.0 Å². The summed E-state index contributed by atoms with van der Waals surface area (Å²) in [6.07, 6.45) is 5.70. The third-order valence-electron chi connectivity index (χ3n) is 6.81. The zero-order valence-electron chi connectivity index (χ0n) is 21.7. The Balaban J connectivity index is 1.41. The second-order valence-electron chi connectivity index (χ2n) is 11.1. The Morgan fingerprint density at radius 2 is 1.78 bits per heavy atom. The lowest BCUT2D eigenvalue weighted by atomic mass is 9.92. The molecule has 188 valence electrons. The van der Waals surface area contributed by atoms with Crippen LogP contribution in [0.1, 0.15) is 60.8 Å². The van der Waals surface area contributed by atoms with Crippen LogP contribution >= 0.6 is 0 Å². The monoisotopic (exact) mass is 485 g/mol. The predicted molar refractivity (Wildman–Crippen MR) is 143 cm³/mol. The molecule has 2 heterocycles. The van der Waals surface area contributed by atoms with Crippen molar-refractivity contribution in [3.8, 4) is 0 Å². The second kappa shape index (κ2) is 9.50. The number of nitrogens with zero attached hydrogens (tertiary/aromatic N) is 4. The van der Waals surface area contributed by atoms with Gasteiger partial charge in [-0.2, -0.15) is 4.98 Å². The van der Waals surface area contributed by atoms with Gasteiger partial charge in [-0.05, 0) is 75.2 Å². The zero-order chi connectivity index (χ0) is 25.4. The molecule has 1 saturated carbocycles. The van der Waals surface area contributed by atoms with E-state index in [1.54, 1.807) is 6.20 Å². The summed E-state index contributed by atoms with van der Waals surface area (Å²) in [7, 11) is 4.26. The lowest BCUT2D eigenvalue weighted by molar-refractivity contribution is 0.0951. The van der Waals surface area contributed by atoms with Gasteiger partial charge in [0.05, 0.1) is 0 Å². The highest BCUT2D eigenvalue weighted by Crippen LogP contribution is 2.29. The molecule has 1 atom stereocenters. The third kappa shape index (κ3) is 5.49. The van der Waals surface area contributed by atoms with Gasteiger partial charge in [0.25, 0.3) is 5.91 Å². The number of pyridine rings is 1. The number of rotatable bonds is 7. The Morgan fingerprint density at radius 3 is 2.50 bits per heavy atom. The Labute approximate surface area is 213 Å². The Kier molecular flexibility index (Phi) is 6.38. The largest absolute Gasteiger partial charge is 0.349 e. The maximum Gasteiger partial charge on any atom is 0.256 e. The summed E-state index contributed by atoms with van der Waals surface area (Å²) in [4.78, 5) is 29.1. The summed E-state index contributed by atoms with van der Waals surface area (Å²) in [5, 5.41) is 9.65. The molecule has 2 aromatic heterocycles. The van der Waals surface area contributed by atoms with Gasteiger partial charge in [-0.3, -0.25) is 4.79 Å². The molecular formula is C28H35N7O. The molecular weight excluding hydrogens is 450 g/mol. The summed E-state index contributed by atoms with van der Waals surface area (Å²) in [6.45, 7) is 6.37. The van der Waals surface area contributed by atoms with Gasteiger partial charge < -0.3 is 20.9 Å². The number of anilines is 4. The molecule has 1 amide bonds. The van der Waals surface area contributed by atoms with Crippen molar-refractivity contribution in [3.05, 3.63) is 65.0 Å². The van der Waals surface area contributed by atoms with Crippen molar-refractivity contribution in [3.63, 3.8) is 0 Å². The van der Waals surface area contributed by atoms with E-state index in [0.29, 0.717) is 29.2 Å². The summed E-state index contributed by atoms with van der Waals surface area (Å²) in [5.41, 5.74) is 4.93. The fraction of sp³-hybridized carbons (Fsp3) is 0.429. The number of hydrogen-bond donors (Lipinski definition) is 3. The molecule has 0 saturated heterocycles. The van der Waals surface area contributed by atoms with Crippen LogP contribution < -0.4 is 16.0 Å². The van der Waals surface area contributed by atoms with Crippen molar-refractivity contribution in [1.29, 1.82) is 0 Å². The fourth-order valence-corrected chi connectivity index (χ4v) is 4.40. The fourth-order valence-electron chi connectivity index (χ4n) is 4.40. The second-order valence-corrected chi connectivity index (χ2v) is 11.1. The highest BCUT2D eigenvalue weighted by molar-refractivity contribution is 5.99. The summed E-state index contributed by atoms with van der Waals surface area (Å²) in [5.74, 6) is 1.32. The van der Waals surface area contributed by atoms with Crippen LogP contribution in [0.2, 0.25) is 0 Å². The minimum atomic E-state index is -0.175. The number of likely N-dealkylation sites (N-methyl/N-ethyl adjacent to an activating group) is 1. The van der Waals surface area contributed by atoms with E-state index in [0.717, 1.165) is 37.1 Å². The first kappa shape index (κ1) is 24.2. The minimum absolute atomic E-state index is 0.0958. The summed E-state index contributed by atoms with van der Waals surface area (Å²) < 4.78 is 0. The van der Waals surface area contributed by atoms with Crippen molar-refractivity contribution < 1.29 is 4.79 Å². The lowest BCUT2D eigenvalue weighted by Gasteiger charge is -2.19. The zero-order valence-corrected chi connectivity index (χ0v) is 21.7. The maximum absolute atomic E-state index is 12.9. The number of hydrogen-bond acceptors (Lipinski definition) is 7. The van der Waals surface area contributed by atoms with Crippen LogP contribution in [0.4, 0.5) is 23.3 Å². The molecule has 1 aromatic carbocycles. The SMILES string of the molecule is CN(C)C1Cc2ccc(Nc3ncc(C(=O)NC4CC4)c(Nc4cccc(C(C)(C)C)n4)n3)cc2C1. The van der Waals surface area contributed by atoms with Crippen LogP contribution in [0.25, 0.3) is 0 Å². The van der Waals surface area contributed by atoms with E-state index < -0.39 is 0 Å². The number of nitrogens with one attached hydrogen (secondary N) is 3. The topological polar surface area (TPSA) is 95.1 Å². The smallest absolute Gasteiger partial charge is 0.256 e. The number of carbonyl (C=O) groups is 1. The quantitative estimate of drug-likeness (QED) is 0.451. The van der Waals surface area contributed by atoms with E-state index in [4.69, 9.17) is 9.97 Å². The summed E-state index contributed by atoms with van der Waals surface area (Å²) >= 11 is 0. The van der Waals surface area contributed by atoms with Crippen LogP contribution in [0.5, 0.6) is 0 Å². The van der Waals surface area contributed by atoms with E-state index >= 15 is 0 Å². The number of aromatic nitrogens is 3. The van der Waals surface area contributed by atoms with Crippen molar-refractivity contribution in [2.24, 2.45) is 0 Å². The average molecular weight is 486 g/mol. The van der Waals surface area contributed by atoms with E-state index in [2.05, 4.69) is 78.9 Å². The van der Waals surface area contributed by atoms with Crippen LogP contribution in [-0.4, -0.2) is 51.9 Å². The molecule has 36 heavy (non-hydrogen) atoms. The first-order valence-corrected chi connectivity index (χ1v) is 12.6. The Hall–Kier alpha value is -3.52. The van der Waals surface area contributed by atoms with Gasteiger partial charge in [0.1, 0.15) is 17.2 Å². The molecule has 0 bridgehead atoms. The van der Waals surface area contributed by atoms with E-state index in [1.807, 2.05) is 18.2 Å². The molecule has 1 unspecified atom stereocenters. The molecule has 2 aliphatic carbocycles. The lowest BCUT2D eigenvalue weighted by Crippen LogP contribution is -2.27. The standard InChI is InChI=1S/C28H35N7O/c1-28(2,3)23-7-6-8-24(32-23)33-25-22(26(36)30-19-11-12-19)16-29-27(34-25)31-20-10-9-17-14-21(35(4)5)15-18(17)13-20/h6-10,13,16,19,21H,11-12,14-15H2,1-5H3,(H,30,36)(H2,29,31,32,33,34). The Bertz CT molecular complexity index is 1280. The van der Waals surface area contributed by atoms with Gasteiger partial charge in [0, 0.05) is 35.1 Å². The van der Waals surface area contributed by atoms with Crippen LogP contribution in [0.3, 0.4) is 0 Å². The molecule has 5 rings (SSSR count). The normalized spacial score (nSPS) is 17.1. The van der Waals surface area contributed by atoms with E-state index in [9.17, 15) is 4.79 Å². The number of carbonyl (C=O) groups excluding carboxylic acids is 1. The van der Waals surface area contributed by atoms with Crippen molar-refractivity contribution in [1.82, 2.24) is 25.2 Å². The molecule has 1 fully saturated rings. The first-order valence-electron chi connectivity index (χ1n) is 12.6. The van der Waals surface area contributed by atoms with Gasteiger partial charge in [-0.1, -0.05) is 32.9 Å². The predicted octanol–water partition coefficient (Wildman–Crippen LogP) is 4.58. The third-order valence-corrected chi connectivity index (χ3v) is 6.81. The molecule has 8 heteroatoms. The van der Waals surface area contributed by atoms with Crippen LogP contribution in [0, 0.1) is 0 Å². The molecule has 0 spiro atoms. The number of amides is 1. The molecule has 8 nitrogen and oxygen atoms in total. The van der Waals surface area contributed by atoms with E-state index in [-0.39, 0.29) is 17.4 Å². The van der Waals surface area contributed by atoms with Gasteiger partial charge in [0.15, 0.2) is 0 Å². The van der Waals surface area contributed by atoms with Gasteiger partial charge >= 0.3 is 0 Å². The minimum Gasteiger partial charge on any atom is -0.349 e. The van der Waals surface area contributed by atoms with E-state index in [1.165, 1.54) is 11.1 Å². The average Bonchev–Trinajstić information content (AvgIpc) is 3.53. The van der Waals surface area contributed by atoms with Crippen molar-refractivity contribution in [2.75, 3.05) is 24.7 Å². The highest BCUT2D eigenvalue weighted by atomic mass is 16.1.